The predicted molar refractivity (Wildman–Crippen MR) is 147 cm³/mol. The van der Waals surface area contributed by atoms with E-state index in [0.717, 1.165) is 34.4 Å². The lowest BCUT2D eigenvalue weighted by Gasteiger charge is -2.25. The van der Waals surface area contributed by atoms with E-state index < -0.39 is 28.9 Å². The van der Waals surface area contributed by atoms with Crippen molar-refractivity contribution in [1.29, 1.82) is 0 Å². The molecule has 5 rings (SSSR count). The summed E-state index contributed by atoms with van der Waals surface area (Å²) in [5.74, 6) is -15.8. The van der Waals surface area contributed by atoms with Gasteiger partial charge in [0, 0.05) is 42.5 Å². The summed E-state index contributed by atoms with van der Waals surface area (Å²) >= 11 is 3.16. The maximum absolute atomic E-state index is 15.4. The van der Waals surface area contributed by atoms with Crippen LogP contribution in [0.5, 0.6) is 0 Å². The molecule has 202 valence electrons. The fourth-order valence-corrected chi connectivity index (χ4v) is 7.30. The summed E-state index contributed by atoms with van der Waals surface area (Å²) in [6, 6.07) is 18.0. The molecule has 0 spiro atoms. The highest BCUT2D eigenvalue weighted by Crippen LogP contribution is 2.66. The van der Waals surface area contributed by atoms with Crippen LogP contribution in [0, 0.1) is 13.8 Å². The Balaban J connectivity index is 1.70. The molecule has 0 radical (unpaired) electrons. The first-order chi connectivity index (χ1) is 18.3. The van der Waals surface area contributed by atoms with Crippen LogP contribution in [0.2, 0.25) is 0 Å². The third-order valence-electron chi connectivity index (χ3n) is 6.50. The number of thioether (sulfide) groups is 1. The van der Waals surface area contributed by atoms with Crippen LogP contribution in [0.15, 0.2) is 71.6 Å². The molecule has 2 aromatic heterocycles. The Hall–Kier alpha value is -2.82. The van der Waals surface area contributed by atoms with Crippen molar-refractivity contribution in [3.63, 3.8) is 0 Å². The zero-order valence-electron chi connectivity index (χ0n) is 20.8. The standard InChI is InChI=1S/C29H20F6OS3/c1-15-21(13-23(37-15)18-7-5-4-6-8-18)25-26(28(32,33)29(34,35)27(25,30)31)22-14-24(38-16(22)2)19-9-11-20(12-10-19)39-17(3)36/h4-14H,1-3H3. The van der Waals surface area contributed by atoms with Crippen LogP contribution >= 0.6 is 34.4 Å². The molecule has 1 nitrogen and oxygen atoms in total. The lowest BCUT2D eigenvalue weighted by atomic mass is 9.94. The van der Waals surface area contributed by atoms with Gasteiger partial charge in [-0.2, -0.15) is 26.3 Å². The molecule has 1 aliphatic carbocycles. The van der Waals surface area contributed by atoms with Crippen molar-refractivity contribution in [1.82, 2.24) is 0 Å². The smallest absolute Gasteiger partial charge is 0.287 e. The number of carbonyl (C=O) groups excluding carboxylic acids is 1. The van der Waals surface area contributed by atoms with Gasteiger partial charge in [0.1, 0.15) is 0 Å². The zero-order chi connectivity index (χ0) is 28.3. The minimum absolute atomic E-state index is 0.110. The van der Waals surface area contributed by atoms with Crippen LogP contribution in [-0.2, 0) is 4.79 Å². The van der Waals surface area contributed by atoms with E-state index >= 15 is 17.6 Å². The average molecular weight is 595 g/mol. The SMILES string of the molecule is CC(=O)Sc1ccc(-c2cc(C3=C(c4cc(-c5ccccc5)sc4C)C(F)(F)C(F)(F)C3(F)F)c(C)s2)cc1. The van der Waals surface area contributed by atoms with Crippen LogP contribution in [0.4, 0.5) is 26.3 Å². The average Bonchev–Trinajstić information content (AvgIpc) is 3.47. The van der Waals surface area contributed by atoms with Crippen LogP contribution in [0.3, 0.4) is 0 Å². The number of allylic oxidation sites excluding steroid dienone is 2. The molecule has 0 saturated heterocycles. The van der Waals surface area contributed by atoms with E-state index in [4.69, 9.17) is 0 Å². The molecule has 10 heteroatoms. The Labute approximate surface area is 233 Å². The molecule has 0 saturated carbocycles. The topological polar surface area (TPSA) is 17.1 Å². The van der Waals surface area contributed by atoms with E-state index in [0.29, 0.717) is 25.8 Å². The van der Waals surface area contributed by atoms with E-state index in [1.807, 2.05) is 0 Å². The number of rotatable bonds is 5. The summed E-state index contributed by atoms with van der Waals surface area (Å²) in [7, 11) is 0. The molecule has 1 aliphatic rings. The first-order valence-corrected chi connectivity index (χ1v) is 14.1. The molecule has 4 aromatic rings. The molecular weight excluding hydrogens is 575 g/mol. The van der Waals surface area contributed by atoms with Gasteiger partial charge in [-0.25, -0.2) is 0 Å². The second kappa shape index (κ2) is 9.67. The number of alkyl halides is 6. The highest BCUT2D eigenvalue weighted by Gasteiger charge is 2.80. The molecule has 2 heterocycles. The molecular formula is C29H20F6OS3. The second-order valence-electron chi connectivity index (χ2n) is 9.12. The van der Waals surface area contributed by atoms with Gasteiger partial charge < -0.3 is 0 Å². The number of thiophene rings is 2. The van der Waals surface area contributed by atoms with Gasteiger partial charge >= 0.3 is 17.8 Å². The monoisotopic (exact) mass is 594 g/mol. The summed E-state index contributed by atoms with van der Waals surface area (Å²) in [5.41, 5.74) is -2.08. The molecule has 0 bridgehead atoms. The van der Waals surface area contributed by atoms with Crippen molar-refractivity contribution in [2.24, 2.45) is 0 Å². The lowest BCUT2D eigenvalue weighted by molar-refractivity contribution is -0.254. The molecule has 0 amide bonds. The molecule has 0 N–H and O–H groups in total. The van der Waals surface area contributed by atoms with Crippen molar-refractivity contribution >= 4 is 50.7 Å². The van der Waals surface area contributed by atoms with E-state index in [2.05, 4.69) is 0 Å². The number of benzene rings is 2. The van der Waals surface area contributed by atoms with E-state index in [1.54, 1.807) is 54.6 Å². The van der Waals surface area contributed by atoms with Gasteiger partial charge in [0.2, 0.25) is 0 Å². The minimum Gasteiger partial charge on any atom is -0.287 e. The number of aryl methyl sites for hydroxylation is 2. The number of halogens is 6. The third-order valence-corrected chi connectivity index (χ3v) is 9.49. The van der Waals surface area contributed by atoms with Crippen LogP contribution in [0.1, 0.15) is 27.8 Å². The Morgan fingerprint density at radius 1 is 0.692 bits per heavy atom. The minimum atomic E-state index is -5.62. The van der Waals surface area contributed by atoms with Crippen molar-refractivity contribution in [2.75, 3.05) is 0 Å². The fourth-order valence-electron chi connectivity index (χ4n) is 4.63. The molecule has 0 fully saturated rings. The summed E-state index contributed by atoms with van der Waals surface area (Å²) in [6.45, 7) is 4.34. The van der Waals surface area contributed by atoms with E-state index in [1.165, 1.54) is 32.9 Å². The van der Waals surface area contributed by atoms with Gasteiger partial charge in [-0.3, -0.25) is 4.79 Å². The van der Waals surface area contributed by atoms with Crippen molar-refractivity contribution in [3.05, 3.63) is 87.6 Å². The summed E-state index contributed by atoms with van der Waals surface area (Å²) in [4.78, 5) is 13.4. The number of hydrogen-bond acceptors (Lipinski definition) is 4. The largest absolute Gasteiger partial charge is 0.380 e. The van der Waals surface area contributed by atoms with Crippen molar-refractivity contribution in [3.8, 4) is 20.9 Å². The van der Waals surface area contributed by atoms with Crippen molar-refractivity contribution in [2.45, 2.75) is 43.4 Å². The highest BCUT2D eigenvalue weighted by molar-refractivity contribution is 8.13. The molecule has 0 aliphatic heterocycles. The Morgan fingerprint density at radius 2 is 1.13 bits per heavy atom. The summed E-state index contributed by atoms with van der Waals surface area (Å²) in [6.07, 6.45) is 0. The summed E-state index contributed by atoms with van der Waals surface area (Å²) in [5, 5.41) is -0.110. The lowest BCUT2D eigenvalue weighted by Crippen LogP contribution is -2.48. The maximum Gasteiger partial charge on any atom is 0.380 e. The van der Waals surface area contributed by atoms with Crippen LogP contribution < -0.4 is 0 Å². The van der Waals surface area contributed by atoms with Crippen molar-refractivity contribution < 1.29 is 31.1 Å². The van der Waals surface area contributed by atoms with Gasteiger partial charge in [0.05, 0.1) is 0 Å². The van der Waals surface area contributed by atoms with E-state index in [-0.39, 0.29) is 26.0 Å². The van der Waals surface area contributed by atoms with Gasteiger partial charge in [0.15, 0.2) is 5.12 Å². The summed E-state index contributed by atoms with van der Waals surface area (Å²) < 4.78 is 91.4. The molecule has 39 heavy (non-hydrogen) atoms. The third kappa shape index (κ3) is 4.46. The van der Waals surface area contributed by atoms with Crippen LogP contribution in [-0.4, -0.2) is 22.9 Å². The molecule has 0 unspecified atom stereocenters. The maximum atomic E-state index is 15.4. The van der Waals surface area contributed by atoms with Gasteiger partial charge in [0.25, 0.3) is 0 Å². The van der Waals surface area contributed by atoms with Gasteiger partial charge in [-0.15, -0.1) is 22.7 Å². The Kier molecular flexibility index (Phi) is 6.88. The number of hydrogen-bond donors (Lipinski definition) is 0. The normalized spacial score (nSPS) is 17.6. The Morgan fingerprint density at radius 3 is 1.56 bits per heavy atom. The number of carbonyl (C=O) groups is 1. The van der Waals surface area contributed by atoms with Crippen LogP contribution in [0.25, 0.3) is 32.0 Å². The molecule has 0 atom stereocenters. The van der Waals surface area contributed by atoms with Gasteiger partial charge in [-0.05, 0) is 60.4 Å². The predicted octanol–water partition coefficient (Wildman–Crippen LogP) is 10.2. The Bertz CT molecular complexity index is 1600. The zero-order valence-corrected chi connectivity index (χ0v) is 23.2. The fraction of sp³-hybridized carbons (Fsp3) is 0.207. The quantitative estimate of drug-likeness (QED) is 0.169. The van der Waals surface area contributed by atoms with Gasteiger partial charge in [-0.1, -0.05) is 54.2 Å². The first kappa shape index (κ1) is 27.7. The first-order valence-electron chi connectivity index (χ1n) is 11.7. The second-order valence-corrected chi connectivity index (χ2v) is 12.9. The van der Waals surface area contributed by atoms with E-state index in [9.17, 15) is 13.6 Å². The highest BCUT2D eigenvalue weighted by atomic mass is 32.2. The molecule has 2 aromatic carbocycles.